The smallest absolute Gasteiger partial charge is 0.230 e. The minimum Gasteiger partial charge on any atom is -0.486 e. The van der Waals surface area contributed by atoms with E-state index in [0.717, 1.165) is 16.9 Å². The van der Waals surface area contributed by atoms with Crippen molar-refractivity contribution >= 4 is 17.7 Å². The zero-order valence-corrected chi connectivity index (χ0v) is 21.2. The Hall–Kier alpha value is -3.84. The third kappa shape index (κ3) is 7.09. The van der Waals surface area contributed by atoms with Crippen LogP contribution in [-0.4, -0.2) is 26.4 Å². The molecule has 0 aliphatic carbocycles. The molecule has 0 bridgehead atoms. The van der Waals surface area contributed by atoms with E-state index in [0.29, 0.717) is 23.9 Å². The summed E-state index contributed by atoms with van der Waals surface area (Å²) in [6.45, 7) is 6.69. The summed E-state index contributed by atoms with van der Waals surface area (Å²) in [6.07, 6.45) is 2.50. The van der Waals surface area contributed by atoms with Crippen molar-refractivity contribution in [3.05, 3.63) is 120 Å². The summed E-state index contributed by atoms with van der Waals surface area (Å²) >= 11 is 1.36. The molecule has 4 rings (SSSR count). The number of benzene rings is 3. The van der Waals surface area contributed by atoms with E-state index in [4.69, 9.17) is 4.74 Å². The molecule has 1 unspecified atom stereocenters. The van der Waals surface area contributed by atoms with Gasteiger partial charge in [0, 0.05) is 6.54 Å². The first-order valence-corrected chi connectivity index (χ1v) is 12.8. The Morgan fingerprint density at radius 2 is 1.81 bits per heavy atom. The van der Waals surface area contributed by atoms with Crippen molar-refractivity contribution in [1.82, 2.24) is 20.1 Å². The largest absolute Gasteiger partial charge is 0.486 e. The van der Waals surface area contributed by atoms with Crippen LogP contribution in [0.2, 0.25) is 0 Å². The number of carbonyl (C=O) groups excluding carboxylic acids is 1. The number of amides is 1. The monoisotopic (exact) mass is 498 g/mol. The average Bonchev–Trinajstić information content (AvgIpc) is 3.28. The van der Waals surface area contributed by atoms with Crippen molar-refractivity contribution in [2.75, 3.05) is 5.75 Å². The van der Waals surface area contributed by atoms with Crippen LogP contribution in [0.1, 0.15) is 28.6 Å². The number of hydrogen-bond donors (Lipinski definition) is 1. The molecule has 1 heterocycles. The molecule has 0 saturated carbocycles. The van der Waals surface area contributed by atoms with Gasteiger partial charge in [0.25, 0.3) is 0 Å². The summed E-state index contributed by atoms with van der Waals surface area (Å²) in [5.41, 5.74) is 3.37. The second-order valence-electron chi connectivity index (χ2n) is 8.41. The fourth-order valence-electron chi connectivity index (χ4n) is 3.85. The van der Waals surface area contributed by atoms with Gasteiger partial charge in [-0.3, -0.25) is 9.36 Å². The Morgan fingerprint density at radius 1 is 1.06 bits per heavy atom. The first-order valence-electron chi connectivity index (χ1n) is 11.9. The molecule has 1 amide bonds. The van der Waals surface area contributed by atoms with E-state index >= 15 is 0 Å². The van der Waals surface area contributed by atoms with Gasteiger partial charge < -0.3 is 10.1 Å². The van der Waals surface area contributed by atoms with Gasteiger partial charge in [-0.1, -0.05) is 90.6 Å². The number of hydrogen-bond acceptors (Lipinski definition) is 5. The highest BCUT2D eigenvalue weighted by Crippen LogP contribution is 2.22. The van der Waals surface area contributed by atoms with E-state index < -0.39 is 0 Å². The van der Waals surface area contributed by atoms with Crippen LogP contribution in [-0.2, 0) is 24.4 Å². The standard InChI is InChI=1S/C29H30N4O2S/c1-3-17-33-27(20-35-25-16-10-11-22(2)18-25)31-32-29(33)36-21-28(34)30-26(24-14-8-5-9-15-24)19-23-12-6-4-7-13-23/h3-16,18,26H,1,17,19-21H2,2H3,(H,30,34). The molecule has 1 aromatic heterocycles. The summed E-state index contributed by atoms with van der Waals surface area (Å²) in [4.78, 5) is 13.0. The highest BCUT2D eigenvalue weighted by Gasteiger charge is 2.18. The lowest BCUT2D eigenvalue weighted by molar-refractivity contribution is -0.119. The van der Waals surface area contributed by atoms with Crippen LogP contribution >= 0.6 is 11.8 Å². The number of ether oxygens (including phenoxy) is 1. The molecule has 0 aliphatic rings. The normalized spacial score (nSPS) is 11.6. The number of rotatable bonds is 12. The summed E-state index contributed by atoms with van der Waals surface area (Å²) in [6, 6.07) is 28.0. The van der Waals surface area contributed by atoms with Gasteiger partial charge in [-0.05, 0) is 42.2 Å². The molecule has 0 saturated heterocycles. The molecule has 184 valence electrons. The third-order valence-electron chi connectivity index (χ3n) is 5.61. The van der Waals surface area contributed by atoms with Crippen LogP contribution < -0.4 is 10.1 Å². The molecule has 36 heavy (non-hydrogen) atoms. The zero-order valence-electron chi connectivity index (χ0n) is 20.3. The van der Waals surface area contributed by atoms with Crippen molar-refractivity contribution < 1.29 is 9.53 Å². The minimum atomic E-state index is -0.119. The molecule has 1 atom stereocenters. The van der Waals surface area contributed by atoms with Gasteiger partial charge in [0.05, 0.1) is 11.8 Å². The summed E-state index contributed by atoms with van der Waals surface area (Å²) < 4.78 is 7.84. The van der Waals surface area contributed by atoms with E-state index in [1.165, 1.54) is 17.3 Å². The van der Waals surface area contributed by atoms with Gasteiger partial charge in [0.1, 0.15) is 12.4 Å². The third-order valence-corrected chi connectivity index (χ3v) is 6.58. The van der Waals surface area contributed by atoms with Crippen molar-refractivity contribution in [3.63, 3.8) is 0 Å². The SMILES string of the molecule is C=CCn1c(COc2cccc(C)c2)nnc1SCC(=O)NC(Cc1ccccc1)c1ccccc1. The molecule has 3 aromatic carbocycles. The van der Waals surface area contributed by atoms with E-state index in [2.05, 4.69) is 34.2 Å². The van der Waals surface area contributed by atoms with Crippen LogP contribution in [0.4, 0.5) is 0 Å². The number of nitrogens with zero attached hydrogens (tertiary/aromatic N) is 3. The molecule has 7 heteroatoms. The molecular weight excluding hydrogens is 468 g/mol. The van der Waals surface area contributed by atoms with Crippen LogP contribution in [0.15, 0.2) is 103 Å². The van der Waals surface area contributed by atoms with Crippen molar-refractivity contribution in [2.45, 2.75) is 37.7 Å². The second-order valence-corrected chi connectivity index (χ2v) is 9.35. The van der Waals surface area contributed by atoms with Crippen LogP contribution in [0.5, 0.6) is 5.75 Å². The summed E-state index contributed by atoms with van der Waals surface area (Å²) in [7, 11) is 0. The first-order chi connectivity index (χ1) is 17.6. The van der Waals surface area contributed by atoms with Gasteiger partial charge in [0.2, 0.25) is 5.91 Å². The lowest BCUT2D eigenvalue weighted by Gasteiger charge is -2.19. The number of carbonyl (C=O) groups is 1. The predicted molar refractivity (Wildman–Crippen MR) is 144 cm³/mol. The first kappa shape index (κ1) is 25.3. The van der Waals surface area contributed by atoms with Gasteiger partial charge in [0.15, 0.2) is 11.0 Å². The highest BCUT2D eigenvalue weighted by atomic mass is 32.2. The fourth-order valence-corrected chi connectivity index (χ4v) is 4.63. The minimum absolute atomic E-state index is 0.0597. The highest BCUT2D eigenvalue weighted by molar-refractivity contribution is 7.99. The van der Waals surface area contributed by atoms with Gasteiger partial charge in [-0.25, -0.2) is 0 Å². The van der Waals surface area contributed by atoms with E-state index in [1.54, 1.807) is 6.08 Å². The molecule has 0 fully saturated rings. The molecule has 0 radical (unpaired) electrons. The molecule has 6 nitrogen and oxygen atoms in total. The number of aryl methyl sites for hydroxylation is 1. The fraction of sp³-hybridized carbons (Fsp3) is 0.207. The topological polar surface area (TPSA) is 69.0 Å². The second kappa shape index (κ2) is 12.7. The summed E-state index contributed by atoms with van der Waals surface area (Å²) in [5.74, 6) is 1.63. The molecule has 0 spiro atoms. The number of aromatic nitrogens is 3. The summed E-state index contributed by atoms with van der Waals surface area (Å²) in [5, 5.41) is 12.5. The number of thioether (sulfide) groups is 1. The van der Waals surface area contributed by atoms with Crippen LogP contribution in [0.3, 0.4) is 0 Å². The zero-order chi connectivity index (χ0) is 25.2. The Bertz CT molecular complexity index is 1270. The Kier molecular flexibility index (Phi) is 8.94. The van der Waals surface area contributed by atoms with Crippen LogP contribution in [0.25, 0.3) is 0 Å². The van der Waals surface area contributed by atoms with Crippen molar-refractivity contribution in [3.8, 4) is 5.75 Å². The quantitative estimate of drug-likeness (QED) is 0.205. The van der Waals surface area contributed by atoms with Gasteiger partial charge >= 0.3 is 0 Å². The van der Waals surface area contributed by atoms with Crippen LogP contribution in [0, 0.1) is 6.92 Å². The maximum atomic E-state index is 13.0. The number of nitrogens with one attached hydrogen (secondary N) is 1. The lowest BCUT2D eigenvalue weighted by atomic mass is 9.99. The lowest BCUT2D eigenvalue weighted by Crippen LogP contribution is -2.31. The maximum absolute atomic E-state index is 13.0. The van der Waals surface area contributed by atoms with Crippen molar-refractivity contribution in [2.24, 2.45) is 0 Å². The Labute approximate surface area is 216 Å². The average molecular weight is 499 g/mol. The van der Waals surface area contributed by atoms with E-state index in [1.807, 2.05) is 84.3 Å². The Balaban J connectivity index is 1.40. The van der Waals surface area contributed by atoms with E-state index in [-0.39, 0.29) is 24.3 Å². The molecule has 0 aliphatic heterocycles. The van der Waals surface area contributed by atoms with E-state index in [9.17, 15) is 4.79 Å². The van der Waals surface area contributed by atoms with Gasteiger partial charge in [-0.2, -0.15) is 0 Å². The van der Waals surface area contributed by atoms with Gasteiger partial charge in [-0.15, -0.1) is 16.8 Å². The molecule has 1 N–H and O–H groups in total. The Morgan fingerprint density at radius 3 is 2.53 bits per heavy atom. The predicted octanol–water partition coefficient (Wildman–Crippen LogP) is 5.54. The maximum Gasteiger partial charge on any atom is 0.230 e. The number of allylic oxidation sites excluding steroid dienone is 1. The van der Waals surface area contributed by atoms with Crippen molar-refractivity contribution in [1.29, 1.82) is 0 Å². The molecular formula is C29H30N4O2S. The molecule has 4 aromatic rings.